The Balaban J connectivity index is 2.15. The third kappa shape index (κ3) is 3.50. The Morgan fingerprint density at radius 2 is 2.05 bits per heavy atom. The molecule has 0 bridgehead atoms. The molecule has 1 heterocycles. The molecule has 0 saturated heterocycles. The first-order valence-electron chi connectivity index (χ1n) is 6.14. The average molecular weight is 269 g/mol. The Labute approximate surface area is 118 Å². The molecule has 0 saturated carbocycles. The van der Waals surface area contributed by atoms with E-state index in [2.05, 4.69) is 16.8 Å². The molecule has 0 aliphatic carbocycles. The smallest absolute Gasteiger partial charge is 0.219 e. The molecule has 0 radical (unpaired) electrons. The quantitative estimate of drug-likeness (QED) is 0.863. The van der Waals surface area contributed by atoms with Crippen LogP contribution in [-0.2, 0) is 6.61 Å². The number of para-hydroxylation sites is 1. The van der Waals surface area contributed by atoms with E-state index in [1.807, 2.05) is 36.4 Å². The summed E-state index contributed by atoms with van der Waals surface area (Å²) >= 11 is 0. The lowest BCUT2D eigenvalue weighted by Crippen LogP contribution is -2.01. The minimum atomic E-state index is -0.176. The Hall–Kier alpha value is -2.51. The van der Waals surface area contributed by atoms with Gasteiger partial charge in [-0.2, -0.15) is 0 Å². The highest BCUT2D eigenvalue weighted by molar-refractivity contribution is 5.46. The normalized spacial score (nSPS) is 9.50. The molecule has 0 atom stereocenters. The molecule has 0 spiro atoms. The van der Waals surface area contributed by atoms with E-state index in [9.17, 15) is 0 Å². The second kappa shape index (κ2) is 7.17. The zero-order valence-electron chi connectivity index (χ0n) is 11.2. The maximum Gasteiger partial charge on any atom is 0.219 e. The Morgan fingerprint density at radius 3 is 2.85 bits per heavy atom. The van der Waals surface area contributed by atoms with E-state index < -0.39 is 0 Å². The number of pyridine rings is 1. The van der Waals surface area contributed by atoms with Crippen LogP contribution in [0.3, 0.4) is 0 Å². The van der Waals surface area contributed by atoms with Gasteiger partial charge >= 0.3 is 0 Å². The molecule has 0 aliphatic heterocycles. The second-order valence-corrected chi connectivity index (χ2v) is 3.92. The third-order valence-electron chi connectivity index (χ3n) is 2.62. The lowest BCUT2D eigenvalue weighted by molar-refractivity contribution is 0.293. The van der Waals surface area contributed by atoms with Crippen molar-refractivity contribution in [2.45, 2.75) is 6.61 Å². The fourth-order valence-corrected chi connectivity index (χ4v) is 1.70. The lowest BCUT2D eigenvalue weighted by Gasteiger charge is -2.10. The molecule has 102 valence electrons. The SMILES string of the molecule is COc1ncccc1COc1ccccc1C#CCO. The Morgan fingerprint density at radius 1 is 1.20 bits per heavy atom. The first-order chi connectivity index (χ1) is 9.85. The summed E-state index contributed by atoms with van der Waals surface area (Å²) in [6.07, 6.45) is 1.67. The van der Waals surface area contributed by atoms with Crippen molar-refractivity contribution in [1.29, 1.82) is 0 Å². The number of benzene rings is 1. The van der Waals surface area contributed by atoms with Crippen molar-refractivity contribution in [2.75, 3.05) is 13.7 Å². The van der Waals surface area contributed by atoms with Crippen molar-refractivity contribution in [3.8, 4) is 23.5 Å². The number of aliphatic hydroxyl groups excluding tert-OH is 1. The monoisotopic (exact) mass is 269 g/mol. The van der Waals surface area contributed by atoms with E-state index in [0.717, 1.165) is 11.1 Å². The van der Waals surface area contributed by atoms with Crippen LogP contribution in [0.4, 0.5) is 0 Å². The van der Waals surface area contributed by atoms with Crippen LogP contribution >= 0.6 is 0 Å². The third-order valence-corrected chi connectivity index (χ3v) is 2.62. The number of nitrogens with zero attached hydrogens (tertiary/aromatic N) is 1. The standard InChI is InChI=1S/C16H15NO3/c1-19-16-14(7-4-10-17-16)12-20-15-9-3-2-6-13(15)8-5-11-18/h2-4,6-7,9-10,18H,11-12H2,1H3. The van der Waals surface area contributed by atoms with Crippen LogP contribution in [-0.4, -0.2) is 23.8 Å². The molecule has 1 N–H and O–H groups in total. The van der Waals surface area contributed by atoms with Crippen LogP contribution in [0.25, 0.3) is 0 Å². The van der Waals surface area contributed by atoms with E-state index >= 15 is 0 Å². The zero-order chi connectivity index (χ0) is 14.2. The van der Waals surface area contributed by atoms with Crippen LogP contribution < -0.4 is 9.47 Å². The molecule has 0 amide bonds. The summed E-state index contributed by atoms with van der Waals surface area (Å²) in [5.74, 6) is 6.68. The van der Waals surface area contributed by atoms with Gasteiger partial charge in [0.2, 0.25) is 5.88 Å². The number of ether oxygens (including phenoxy) is 2. The van der Waals surface area contributed by atoms with Crippen molar-refractivity contribution in [3.63, 3.8) is 0 Å². The van der Waals surface area contributed by atoms with Crippen molar-refractivity contribution < 1.29 is 14.6 Å². The van der Waals surface area contributed by atoms with Crippen LogP contribution in [0.5, 0.6) is 11.6 Å². The molecule has 0 unspecified atom stereocenters. The lowest BCUT2D eigenvalue weighted by atomic mass is 10.2. The molecule has 0 fully saturated rings. The van der Waals surface area contributed by atoms with Gasteiger partial charge in [0.1, 0.15) is 19.0 Å². The number of rotatable bonds is 4. The van der Waals surface area contributed by atoms with Gasteiger partial charge in [0.15, 0.2) is 0 Å². The first kappa shape index (κ1) is 13.9. The van der Waals surface area contributed by atoms with Gasteiger partial charge < -0.3 is 14.6 Å². The van der Waals surface area contributed by atoms with E-state index in [4.69, 9.17) is 14.6 Å². The summed E-state index contributed by atoms with van der Waals surface area (Å²) in [6.45, 7) is 0.166. The molecular formula is C16H15NO3. The number of aliphatic hydroxyl groups is 1. The van der Waals surface area contributed by atoms with Gasteiger partial charge in [-0.05, 0) is 24.3 Å². The molecule has 4 heteroatoms. The summed E-state index contributed by atoms with van der Waals surface area (Å²) in [6, 6.07) is 11.2. The predicted molar refractivity (Wildman–Crippen MR) is 75.5 cm³/mol. The highest BCUT2D eigenvalue weighted by Gasteiger charge is 2.06. The zero-order valence-corrected chi connectivity index (χ0v) is 11.2. The van der Waals surface area contributed by atoms with Crippen LogP contribution in [0, 0.1) is 11.8 Å². The van der Waals surface area contributed by atoms with Crippen molar-refractivity contribution in [2.24, 2.45) is 0 Å². The summed E-state index contributed by atoms with van der Waals surface area (Å²) < 4.78 is 10.9. The topological polar surface area (TPSA) is 51.6 Å². The molecule has 2 rings (SSSR count). The van der Waals surface area contributed by atoms with Crippen LogP contribution in [0.15, 0.2) is 42.6 Å². The first-order valence-corrected chi connectivity index (χ1v) is 6.14. The second-order valence-electron chi connectivity index (χ2n) is 3.92. The summed E-state index contributed by atoms with van der Waals surface area (Å²) in [5, 5.41) is 8.76. The van der Waals surface area contributed by atoms with Crippen LogP contribution in [0.1, 0.15) is 11.1 Å². The number of methoxy groups -OCH3 is 1. The molecule has 0 aliphatic rings. The molecule has 20 heavy (non-hydrogen) atoms. The minimum absolute atomic E-state index is 0.176. The highest BCUT2D eigenvalue weighted by Crippen LogP contribution is 2.20. The maximum atomic E-state index is 8.76. The molecule has 1 aromatic carbocycles. The average Bonchev–Trinajstić information content (AvgIpc) is 2.52. The summed E-state index contributed by atoms with van der Waals surface area (Å²) in [5.41, 5.74) is 1.60. The maximum absolute atomic E-state index is 8.76. The number of hydrogen-bond donors (Lipinski definition) is 1. The van der Waals surface area contributed by atoms with Gasteiger partial charge in [-0.15, -0.1) is 0 Å². The fourth-order valence-electron chi connectivity index (χ4n) is 1.70. The Kier molecular flexibility index (Phi) is 4.99. The molecular weight excluding hydrogens is 254 g/mol. The van der Waals surface area contributed by atoms with Crippen molar-refractivity contribution >= 4 is 0 Å². The van der Waals surface area contributed by atoms with Crippen LogP contribution in [0.2, 0.25) is 0 Å². The number of aromatic nitrogens is 1. The Bertz CT molecular complexity index is 629. The van der Waals surface area contributed by atoms with E-state index in [1.54, 1.807) is 13.3 Å². The predicted octanol–water partition coefficient (Wildman–Crippen LogP) is 2.01. The summed E-state index contributed by atoms with van der Waals surface area (Å²) in [4.78, 5) is 4.12. The summed E-state index contributed by atoms with van der Waals surface area (Å²) in [7, 11) is 1.58. The van der Waals surface area contributed by atoms with Gasteiger partial charge in [-0.1, -0.05) is 24.0 Å². The number of hydrogen-bond acceptors (Lipinski definition) is 4. The molecule has 2 aromatic rings. The minimum Gasteiger partial charge on any atom is -0.487 e. The van der Waals surface area contributed by atoms with E-state index in [0.29, 0.717) is 18.2 Å². The highest BCUT2D eigenvalue weighted by atomic mass is 16.5. The van der Waals surface area contributed by atoms with E-state index in [-0.39, 0.29) is 6.61 Å². The van der Waals surface area contributed by atoms with Gasteiger partial charge in [0, 0.05) is 6.20 Å². The van der Waals surface area contributed by atoms with Gasteiger partial charge in [-0.25, -0.2) is 4.98 Å². The van der Waals surface area contributed by atoms with Gasteiger partial charge in [-0.3, -0.25) is 0 Å². The molecule has 1 aromatic heterocycles. The van der Waals surface area contributed by atoms with Crippen molar-refractivity contribution in [3.05, 3.63) is 53.7 Å². The fraction of sp³-hybridized carbons (Fsp3) is 0.188. The van der Waals surface area contributed by atoms with Gasteiger partial charge in [0.05, 0.1) is 18.2 Å². The van der Waals surface area contributed by atoms with Gasteiger partial charge in [0.25, 0.3) is 0 Å². The largest absolute Gasteiger partial charge is 0.487 e. The van der Waals surface area contributed by atoms with E-state index in [1.165, 1.54) is 0 Å². The van der Waals surface area contributed by atoms with Crippen molar-refractivity contribution in [1.82, 2.24) is 4.98 Å². The molecule has 4 nitrogen and oxygen atoms in total.